The number of anilines is 1. The van der Waals surface area contributed by atoms with Gasteiger partial charge in [-0.15, -0.1) is 0 Å². The Kier molecular flexibility index (Phi) is 2.91. The van der Waals surface area contributed by atoms with Gasteiger partial charge in [0.15, 0.2) is 0 Å². The molecule has 1 aromatic carbocycles. The highest BCUT2D eigenvalue weighted by atomic mass is 19.1. The number of hydrogen-bond donors (Lipinski definition) is 1. The van der Waals surface area contributed by atoms with Crippen LogP contribution in [0.4, 0.5) is 10.1 Å². The molecule has 2 rings (SSSR count). The van der Waals surface area contributed by atoms with Crippen molar-refractivity contribution in [1.82, 2.24) is 5.32 Å². The quantitative estimate of drug-likeness (QED) is 0.802. The number of hydrogen-bond acceptors (Lipinski definition) is 2. The van der Waals surface area contributed by atoms with Crippen molar-refractivity contribution in [2.45, 2.75) is 18.9 Å². The van der Waals surface area contributed by atoms with Crippen molar-refractivity contribution in [2.75, 3.05) is 25.5 Å². The number of rotatable bonds is 2. The van der Waals surface area contributed by atoms with Crippen molar-refractivity contribution < 1.29 is 4.39 Å². The maximum Gasteiger partial charge on any atom is 0.146 e. The van der Waals surface area contributed by atoms with Crippen LogP contribution in [0.3, 0.4) is 0 Å². The summed E-state index contributed by atoms with van der Waals surface area (Å²) in [6.45, 7) is 1.04. The highest BCUT2D eigenvalue weighted by Gasteiger charge is 2.17. The van der Waals surface area contributed by atoms with Gasteiger partial charge in [-0.25, -0.2) is 4.39 Å². The van der Waals surface area contributed by atoms with E-state index >= 15 is 0 Å². The molecule has 1 aromatic rings. The molecule has 0 radical (unpaired) electrons. The first kappa shape index (κ1) is 10.4. The first-order valence-electron chi connectivity index (χ1n) is 5.38. The normalized spacial score (nSPS) is 20.6. The van der Waals surface area contributed by atoms with Crippen LogP contribution < -0.4 is 10.2 Å². The zero-order valence-corrected chi connectivity index (χ0v) is 9.26. The van der Waals surface area contributed by atoms with Crippen LogP contribution in [0.15, 0.2) is 18.2 Å². The van der Waals surface area contributed by atoms with Crippen LogP contribution in [0.5, 0.6) is 0 Å². The Morgan fingerprint density at radius 2 is 2.20 bits per heavy atom. The molecule has 3 heteroatoms. The number of nitrogens with one attached hydrogen (secondary N) is 1. The molecule has 0 aliphatic carbocycles. The fraction of sp³-hybridized carbons (Fsp3) is 0.500. The molecule has 15 heavy (non-hydrogen) atoms. The van der Waals surface area contributed by atoms with Gasteiger partial charge in [0, 0.05) is 20.1 Å². The van der Waals surface area contributed by atoms with Gasteiger partial charge >= 0.3 is 0 Å². The molecule has 1 fully saturated rings. The van der Waals surface area contributed by atoms with E-state index in [2.05, 4.69) is 5.32 Å². The second kappa shape index (κ2) is 4.19. The summed E-state index contributed by atoms with van der Waals surface area (Å²) in [4.78, 5) is 1.79. The Morgan fingerprint density at radius 3 is 2.73 bits per heavy atom. The Bertz CT molecular complexity index is 343. The van der Waals surface area contributed by atoms with Crippen LogP contribution in [-0.4, -0.2) is 20.6 Å². The van der Waals surface area contributed by atoms with E-state index in [-0.39, 0.29) is 5.82 Å². The maximum absolute atomic E-state index is 13.7. The molecule has 0 aromatic heterocycles. The van der Waals surface area contributed by atoms with Gasteiger partial charge in [-0.2, -0.15) is 0 Å². The second-order valence-corrected chi connectivity index (χ2v) is 4.25. The van der Waals surface area contributed by atoms with E-state index in [0.717, 1.165) is 18.5 Å². The van der Waals surface area contributed by atoms with Gasteiger partial charge < -0.3 is 10.2 Å². The molecule has 0 amide bonds. The molecular formula is C12H17FN2. The van der Waals surface area contributed by atoms with Gasteiger partial charge in [-0.1, -0.05) is 6.07 Å². The first-order chi connectivity index (χ1) is 7.18. The molecule has 2 nitrogen and oxygen atoms in total. The van der Waals surface area contributed by atoms with Crippen molar-refractivity contribution in [2.24, 2.45) is 0 Å². The third kappa shape index (κ3) is 2.12. The van der Waals surface area contributed by atoms with Crippen LogP contribution in [-0.2, 0) is 0 Å². The minimum atomic E-state index is -0.133. The molecule has 0 saturated carbocycles. The van der Waals surface area contributed by atoms with E-state index in [9.17, 15) is 4.39 Å². The van der Waals surface area contributed by atoms with E-state index in [1.807, 2.05) is 26.2 Å². The molecule has 1 saturated heterocycles. The summed E-state index contributed by atoms with van der Waals surface area (Å²) in [7, 11) is 3.71. The highest BCUT2D eigenvalue weighted by molar-refractivity contribution is 5.48. The van der Waals surface area contributed by atoms with Crippen LogP contribution in [0.1, 0.15) is 24.4 Å². The van der Waals surface area contributed by atoms with Crippen LogP contribution in [0, 0.1) is 5.82 Å². The molecule has 1 heterocycles. The molecule has 1 aliphatic rings. The summed E-state index contributed by atoms with van der Waals surface area (Å²) in [5, 5.41) is 3.37. The fourth-order valence-electron chi connectivity index (χ4n) is 2.07. The lowest BCUT2D eigenvalue weighted by Gasteiger charge is -2.16. The van der Waals surface area contributed by atoms with Gasteiger partial charge in [-0.05, 0) is 37.1 Å². The lowest BCUT2D eigenvalue weighted by Crippen LogP contribution is -2.14. The molecule has 1 N–H and O–H groups in total. The van der Waals surface area contributed by atoms with Crippen LogP contribution in [0.25, 0.3) is 0 Å². The summed E-state index contributed by atoms with van der Waals surface area (Å²) >= 11 is 0. The predicted molar refractivity (Wildman–Crippen MR) is 60.7 cm³/mol. The maximum atomic E-state index is 13.7. The SMILES string of the molecule is CN(C)c1ccc(C2CCCN2)cc1F. The van der Waals surface area contributed by atoms with E-state index in [1.54, 1.807) is 11.0 Å². The van der Waals surface area contributed by atoms with Crippen molar-refractivity contribution in [1.29, 1.82) is 0 Å². The Balaban J connectivity index is 2.24. The summed E-state index contributed by atoms with van der Waals surface area (Å²) in [6.07, 6.45) is 2.29. The number of halogens is 1. The topological polar surface area (TPSA) is 15.3 Å². The Morgan fingerprint density at radius 1 is 1.40 bits per heavy atom. The molecule has 1 atom stereocenters. The second-order valence-electron chi connectivity index (χ2n) is 4.25. The predicted octanol–water partition coefficient (Wildman–Crippen LogP) is 2.32. The minimum absolute atomic E-state index is 0.133. The fourth-order valence-corrected chi connectivity index (χ4v) is 2.07. The van der Waals surface area contributed by atoms with Crippen LogP contribution >= 0.6 is 0 Å². The zero-order chi connectivity index (χ0) is 10.8. The van der Waals surface area contributed by atoms with Crippen molar-refractivity contribution in [3.05, 3.63) is 29.6 Å². The van der Waals surface area contributed by atoms with Crippen molar-refractivity contribution >= 4 is 5.69 Å². The third-order valence-electron chi connectivity index (χ3n) is 2.92. The monoisotopic (exact) mass is 208 g/mol. The van der Waals surface area contributed by atoms with Gasteiger partial charge in [0.05, 0.1) is 5.69 Å². The van der Waals surface area contributed by atoms with Crippen LogP contribution in [0.2, 0.25) is 0 Å². The smallest absolute Gasteiger partial charge is 0.146 e. The van der Waals surface area contributed by atoms with E-state index in [4.69, 9.17) is 0 Å². The molecule has 0 bridgehead atoms. The van der Waals surface area contributed by atoms with Gasteiger partial charge in [-0.3, -0.25) is 0 Å². The lowest BCUT2D eigenvalue weighted by molar-refractivity contribution is 0.606. The molecule has 1 aliphatic heterocycles. The zero-order valence-electron chi connectivity index (χ0n) is 9.26. The summed E-state index contributed by atoms with van der Waals surface area (Å²) < 4.78 is 13.7. The molecule has 82 valence electrons. The summed E-state index contributed by atoms with van der Waals surface area (Å²) in [6, 6.07) is 5.86. The third-order valence-corrected chi connectivity index (χ3v) is 2.92. The van der Waals surface area contributed by atoms with E-state index < -0.39 is 0 Å². The average molecular weight is 208 g/mol. The minimum Gasteiger partial charge on any atom is -0.375 e. The number of nitrogens with zero attached hydrogens (tertiary/aromatic N) is 1. The molecular weight excluding hydrogens is 191 g/mol. The first-order valence-corrected chi connectivity index (χ1v) is 5.38. The van der Waals surface area contributed by atoms with Gasteiger partial charge in [0.1, 0.15) is 5.82 Å². The Hall–Kier alpha value is -1.09. The summed E-state index contributed by atoms with van der Waals surface area (Å²) in [5.41, 5.74) is 1.72. The highest BCUT2D eigenvalue weighted by Crippen LogP contribution is 2.26. The van der Waals surface area contributed by atoms with Crippen molar-refractivity contribution in [3.63, 3.8) is 0 Å². The van der Waals surface area contributed by atoms with Crippen molar-refractivity contribution in [3.8, 4) is 0 Å². The lowest BCUT2D eigenvalue weighted by atomic mass is 10.0. The standard InChI is InChI=1S/C12H17FN2/c1-15(2)12-6-5-9(8-10(12)13)11-4-3-7-14-11/h5-6,8,11,14H,3-4,7H2,1-2H3. The molecule has 1 unspecified atom stereocenters. The van der Waals surface area contributed by atoms with Gasteiger partial charge in [0.2, 0.25) is 0 Å². The Labute approximate surface area is 90.1 Å². The van der Waals surface area contributed by atoms with E-state index in [0.29, 0.717) is 11.7 Å². The van der Waals surface area contributed by atoms with E-state index in [1.165, 1.54) is 6.42 Å². The average Bonchev–Trinajstić information content (AvgIpc) is 2.69. The van der Waals surface area contributed by atoms with Gasteiger partial charge in [0.25, 0.3) is 0 Å². The number of benzene rings is 1. The molecule has 0 spiro atoms. The largest absolute Gasteiger partial charge is 0.375 e. The summed E-state index contributed by atoms with van der Waals surface area (Å²) in [5.74, 6) is -0.133.